The van der Waals surface area contributed by atoms with Gasteiger partial charge < -0.3 is 4.42 Å². The van der Waals surface area contributed by atoms with Crippen LogP contribution in [0.2, 0.25) is 0 Å². The second kappa shape index (κ2) is 6.00. The van der Waals surface area contributed by atoms with E-state index in [1.54, 1.807) is 6.92 Å². The van der Waals surface area contributed by atoms with Crippen molar-refractivity contribution in [3.63, 3.8) is 0 Å². The average Bonchev–Trinajstić information content (AvgIpc) is 3.13. The molecule has 8 nitrogen and oxygen atoms in total. The highest BCUT2D eigenvalue weighted by Gasteiger charge is 2.35. The first-order valence-electron chi connectivity index (χ1n) is 7.00. The maximum absolute atomic E-state index is 13.3. The molecule has 0 fully saturated rings. The Labute approximate surface area is 138 Å². The molecule has 25 heavy (non-hydrogen) atoms. The molecule has 1 amide bonds. The molecule has 0 saturated heterocycles. The van der Waals surface area contributed by atoms with Gasteiger partial charge in [0.05, 0.1) is 5.56 Å². The minimum absolute atomic E-state index is 0.0480. The van der Waals surface area contributed by atoms with Crippen LogP contribution in [0.25, 0.3) is 11.7 Å². The monoisotopic (exact) mass is 352 g/mol. The van der Waals surface area contributed by atoms with Crippen LogP contribution in [0.15, 0.2) is 22.6 Å². The van der Waals surface area contributed by atoms with Crippen molar-refractivity contribution < 1.29 is 22.4 Å². The number of amides is 1. The van der Waals surface area contributed by atoms with Gasteiger partial charge in [-0.15, -0.1) is 15.3 Å². The molecule has 0 saturated carbocycles. The fourth-order valence-corrected chi connectivity index (χ4v) is 2.19. The Balaban J connectivity index is 2.12. The normalized spacial score (nSPS) is 12.2. The molecule has 1 N–H and O–H groups in total. The van der Waals surface area contributed by atoms with E-state index in [1.807, 2.05) is 0 Å². The van der Waals surface area contributed by atoms with Crippen LogP contribution in [0.5, 0.6) is 0 Å². The van der Waals surface area contributed by atoms with E-state index in [0.717, 1.165) is 16.5 Å². The topological polar surface area (TPSA) is 98.2 Å². The van der Waals surface area contributed by atoms with Crippen molar-refractivity contribution in [2.24, 2.45) is 0 Å². The number of aromatic nitrogens is 5. The second-order valence-electron chi connectivity index (χ2n) is 4.93. The fraction of sp³-hybridized carbons (Fsp3) is 0.214. The lowest BCUT2D eigenvalue weighted by Crippen LogP contribution is -2.18. The molecule has 3 aromatic rings. The molecular weight excluding hydrogens is 341 g/mol. The summed E-state index contributed by atoms with van der Waals surface area (Å²) in [4.78, 5) is 12.3. The summed E-state index contributed by atoms with van der Waals surface area (Å²) >= 11 is 0. The number of hydrogen-bond donors (Lipinski definition) is 1. The summed E-state index contributed by atoms with van der Waals surface area (Å²) in [6, 6.07) is 1.64. The largest absolute Gasteiger partial charge is 0.431 e. The number of fused-ring (bicyclic) bond motifs is 1. The minimum Gasteiger partial charge on any atom is -0.408 e. The van der Waals surface area contributed by atoms with E-state index in [9.17, 15) is 18.0 Å². The number of carbonyl (C=O) groups is 1. The second-order valence-corrected chi connectivity index (χ2v) is 4.93. The van der Waals surface area contributed by atoms with Gasteiger partial charge in [-0.2, -0.15) is 13.2 Å². The Morgan fingerprint density at radius 1 is 1.24 bits per heavy atom. The van der Waals surface area contributed by atoms with Gasteiger partial charge in [0, 0.05) is 6.92 Å². The summed E-state index contributed by atoms with van der Waals surface area (Å²) in [6.45, 7) is 3.16. The van der Waals surface area contributed by atoms with E-state index in [1.165, 1.54) is 19.1 Å². The lowest BCUT2D eigenvalue weighted by Gasteiger charge is -2.11. The maximum Gasteiger partial charge on any atom is 0.431 e. The van der Waals surface area contributed by atoms with Gasteiger partial charge in [-0.05, 0) is 25.1 Å². The van der Waals surface area contributed by atoms with E-state index in [-0.39, 0.29) is 28.9 Å². The molecule has 0 radical (unpaired) electrons. The Bertz CT molecular complexity index is 973. The highest BCUT2D eigenvalue weighted by molar-refractivity contribution is 6.07. The Morgan fingerprint density at radius 3 is 2.60 bits per heavy atom. The molecule has 130 valence electrons. The summed E-state index contributed by atoms with van der Waals surface area (Å²) < 4.78 is 45.6. The van der Waals surface area contributed by atoms with Crippen molar-refractivity contribution in [2.75, 3.05) is 5.32 Å². The number of allylic oxidation sites excluding steroid dienone is 1. The number of halogens is 3. The van der Waals surface area contributed by atoms with E-state index < -0.39 is 17.8 Å². The van der Waals surface area contributed by atoms with Crippen LogP contribution in [0.1, 0.15) is 34.7 Å². The van der Waals surface area contributed by atoms with Crippen LogP contribution in [0.4, 0.5) is 19.2 Å². The number of hydrogen-bond acceptors (Lipinski definition) is 6. The van der Waals surface area contributed by atoms with Gasteiger partial charge in [0.2, 0.25) is 5.89 Å². The minimum atomic E-state index is -4.64. The molecule has 0 bridgehead atoms. The van der Waals surface area contributed by atoms with Gasteiger partial charge in [-0.3, -0.25) is 14.5 Å². The maximum atomic E-state index is 13.3. The van der Waals surface area contributed by atoms with Crippen molar-refractivity contribution >= 4 is 23.6 Å². The molecule has 11 heteroatoms. The molecule has 0 aliphatic carbocycles. The smallest absolute Gasteiger partial charge is 0.408 e. The van der Waals surface area contributed by atoms with Crippen LogP contribution >= 0.6 is 0 Å². The summed E-state index contributed by atoms with van der Waals surface area (Å²) in [6.07, 6.45) is -1.77. The van der Waals surface area contributed by atoms with Crippen LogP contribution in [-0.4, -0.2) is 30.7 Å². The first-order valence-corrected chi connectivity index (χ1v) is 7.00. The number of nitrogens with zero attached hydrogens (tertiary/aromatic N) is 5. The zero-order chi connectivity index (χ0) is 18.2. The van der Waals surface area contributed by atoms with Crippen molar-refractivity contribution in [1.29, 1.82) is 0 Å². The number of anilines is 1. The predicted octanol–water partition coefficient (Wildman–Crippen LogP) is 2.72. The third-order valence-corrected chi connectivity index (χ3v) is 3.18. The standard InChI is InChI=1S/C14H11F3N6O2/c1-3-4-10-20-21-11-8(5-6-9(23(10)11)14(15,16)17)12(24)18-13-22-19-7(2)25-13/h3-6H,1-2H3,(H,18,22,24)/b4-3-. The SMILES string of the molecule is C/C=C\c1nnc2c(C(=O)Nc3nnc(C)o3)ccc(C(F)(F)F)n12. The third-order valence-electron chi connectivity index (χ3n) is 3.18. The van der Waals surface area contributed by atoms with Crippen molar-refractivity contribution in [1.82, 2.24) is 24.8 Å². The van der Waals surface area contributed by atoms with E-state index in [0.29, 0.717) is 0 Å². The van der Waals surface area contributed by atoms with Gasteiger partial charge in [0.1, 0.15) is 5.69 Å². The lowest BCUT2D eigenvalue weighted by atomic mass is 10.2. The van der Waals surface area contributed by atoms with Crippen molar-refractivity contribution in [2.45, 2.75) is 20.0 Å². The van der Waals surface area contributed by atoms with E-state index >= 15 is 0 Å². The molecule has 0 aromatic carbocycles. The zero-order valence-corrected chi connectivity index (χ0v) is 13.0. The summed E-state index contributed by atoms with van der Waals surface area (Å²) in [5, 5.41) is 16.9. The third kappa shape index (κ3) is 3.07. The summed E-state index contributed by atoms with van der Waals surface area (Å²) in [5.41, 5.74) is -1.35. The van der Waals surface area contributed by atoms with Crippen LogP contribution < -0.4 is 5.32 Å². The zero-order valence-electron chi connectivity index (χ0n) is 13.0. The highest BCUT2D eigenvalue weighted by Crippen LogP contribution is 2.31. The Kier molecular flexibility index (Phi) is 3.99. The summed E-state index contributed by atoms with van der Waals surface area (Å²) in [7, 11) is 0. The van der Waals surface area contributed by atoms with Gasteiger partial charge in [-0.1, -0.05) is 11.2 Å². The molecule has 3 heterocycles. The molecule has 3 aromatic heterocycles. The van der Waals surface area contributed by atoms with E-state index in [4.69, 9.17) is 4.42 Å². The number of alkyl halides is 3. The average molecular weight is 352 g/mol. The van der Waals surface area contributed by atoms with Gasteiger partial charge in [-0.25, -0.2) is 0 Å². The van der Waals surface area contributed by atoms with Crippen LogP contribution in [0.3, 0.4) is 0 Å². The van der Waals surface area contributed by atoms with Crippen molar-refractivity contribution in [3.8, 4) is 0 Å². The fourth-order valence-electron chi connectivity index (χ4n) is 2.19. The Morgan fingerprint density at radius 2 is 2.00 bits per heavy atom. The molecule has 0 aliphatic heterocycles. The Hall–Kier alpha value is -3.24. The molecule has 0 atom stereocenters. The lowest BCUT2D eigenvalue weighted by molar-refractivity contribution is -0.142. The molecule has 0 unspecified atom stereocenters. The highest BCUT2D eigenvalue weighted by atomic mass is 19.4. The quantitative estimate of drug-likeness (QED) is 0.778. The first-order chi connectivity index (χ1) is 11.8. The summed E-state index contributed by atoms with van der Waals surface area (Å²) in [5.74, 6) is -0.569. The molecular formula is C14H11F3N6O2. The van der Waals surface area contributed by atoms with E-state index in [2.05, 4.69) is 25.7 Å². The predicted molar refractivity (Wildman–Crippen MR) is 79.7 cm³/mol. The van der Waals surface area contributed by atoms with Crippen LogP contribution in [-0.2, 0) is 6.18 Å². The van der Waals surface area contributed by atoms with Crippen LogP contribution in [0, 0.1) is 6.92 Å². The first kappa shape index (κ1) is 16.6. The number of nitrogens with one attached hydrogen (secondary N) is 1. The molecule has 3 rings (SSSR count). The molecule has 0 aliphatic rings. The number of carbonyl (C=O) groups excluding carboxylic acids is 1. The number of aryl methyl sites for hydroxylation is 1. The van der Waals surface area contributed by atoms with Gasteiger partial charge in [0.25, 0.3) is 5.91 Å². The van der Waals surface area contributed by atoms with Gasteiger partial charge >= 0.3 is 12.2 Å². The number of pyridine rings is 1. The van der Waals surface area contributed by atoms with Gasteiger partial charge in [0.15, 0.2) is 11.5 Å². The van der Waals surface area contributed by atoms with Crippen molar-refractivity contribution in [3.05, 3.63) is 41.2 Å². The number of rotatable bonds is 3. The molecule has 0 spiro atoms.